The Morgan fingerprint density at radius 2 is 1.75 bits per heavy atom. The lowest BCUT2D eigenvalue weighted by Gasteiger charge is -2.15. The van der Waals surface area contributed by atoms with E-state index in [1.54, 1.807) is 24.3 Å². The molecule has 1 unspecified atom stereocenters. The number of benzene rings is 2. The number of carbonyl (C=O) groups is 2. The van der Waals surface area contributed by atoms with Crippen molar-refractivity contribution in [3.05, 3.63) is 70.6 Å². The van der Waals surface area contributed by atoms with Gasteiger partial charge in [-0.1, -0.05) is 37.3 Å². The van der Waals surface area contributed by atoms with Gasteiger partial charge in [0.1, 0.15) is 6.54 Å². The highest BCUT2D eigenvalue weighted by molar-refractivity contribution is 5.95. The van der Waals surface area contributed by atoms with Crippen LogP contribution in [0.25, 0.3) is 5.69 Å². The SMILES string of the molecule is CCC(C(=O)Nc1ccc(-n2nnn(CC(N)=O)c2=O)cc1)c1ccccc1. The fourth-order valence-corrected chi connectivity index (χ4v) is 2.86. The molecule has 1 aromatic heterocycles. The van der Waals surface area contributed by atoms with Gasteiger partial charge in [-0.3, -0.25) is 9.59 Å². The van der Waals surface area contributed by atoms with E-state index in [4.69, 9.17) is 5.73 Å². The lowest BCUT2D eigenvalue weighted by molar-refractivity contribution is -0.119. The van der Waals surface area contributed by atoms with Crippen LogP contribution >= 0.6 is 0 Å². The van der Waals surface area contributed by atoms with E-state index in [9.17, 15) is 14.4 Å². The number of nitrogens with zero attached hydrogens (tertiary/aromatic N) is 4. The molecular formula is C19H20N6O3. The molecule has 0 radical (unpaired) electrons. The first-order valence-electron chi connectivity index (χ1n) is 8.77. The second-order valence-electron chi connectivity index (χ2n) is 6.20. The Morgan fingerprint density at radius 3 is 2.36 bits per heavy atom. The molecule has 9 heteroatoms. The maximum Gasteiger partial charge on any atom is 0.368 e. The average Bonchev–Trinajstić information content (AvgIpc) is 3.04. The number of nitrogens with two attached hydrogens (primary N) is 1. The average molecular weight is 380 g/mol. The normalized spacial score (nSPS) is 11.8. The van der Waals surface area contributed by atoms with Gasteiger partial charge < -0.3 is 11.1 Å². The van der Waals surface area contributed by atoms with Crippen LogP contribution in [0.3, 0.4) is 0 Å². The fourth-order valence-electron chi connectivity index (χ4n) is 2.86. The topological polar surface area (TPSA) is 125 Å². The predicted molar refractivity (Wildman–Crippen MR) is 103 cm³/mol. The highest BCUT2D eigenvalue weighted by Crippen LogP contribution is 2.22. The summed E-state index contributed by atoms with van der Waals surface area (Å²) in [5, 5.41) is 10.2. The number of primary amides is 1. The Morgan fingerprint density at radius 1 is 1.07 bits per heavy atom. The minimum absolute atomic E-state index is 0.106. The third kappa shape index (κ3) is 4.14. The largest absolute Gasteiger partial charge is 0.368 e. The maximum atomic E-state index is 12.6. The van der Waals surface area contributed by atoms with E-state index in [-0.39, 0.29) is 18.4 Å². The number of hydrogen-bond donors (Lipinski definition) is 2. The first-order chi connectivity index (χ1) is 13.5. The number of anilines is 1. The van der Waals surface area contributed by atoms with Gasteiger partial charge >= 0.3 is 5.69 Å². The Kier molecular flexibility index (Phi) is 5.64. The first kappa shape index (κ1) is 19.0. The maximum absolute atomic E-state index is 12.6. The fraction of sp³-hybridized carbons (Fsp3) is 0.211. The molecule has 1 heterocycles. The molecule has 0 aliphatic carbocycles. The van der Waals surface area contributed by atoms with Gasteiger partial charge in [0.2, 0.25) is 11.8 Å². The van der Waals surface area contributed by atoms with Crippen molar-refractivity contribution >= 4 is 17.5 Å². The third-order valence-electron chi connectivity index (χ3n) is 4.25. The third-order valence-corrected chi connectivity index (χ3v) is 4.25. The molecule has 2 amide bonds. The molecule has 0 bridgehead atoms. The van der Waals surface area contributed by atoms with Crippen molar-refractivity contribution in [2.24, 2.45) is 5.73 Å². The summed E-state index contributed by atoms with van der Waals surface area (Å²) >= 11 is 0. The number of amides is 2. The molecule has 144 valence electrons. The van der Waals surface area contributed by atoms with Crippen molar-refractivity contribution in [1.29, 1.82) is 0 Å². The van der Waals surface area contributed by atoms with E-state index in [1.807, 2.05) is 37.3 Å². The van der Waals surface area contributed by atoms with Gasteiger partial charge in [-0.15, -0.1) is 0 Å². The van der Waals surface area contributed by atoms with Crippen molar-refractivity contribution in [2.45, 2.75) is 25.8 Å². The van der Waals surface area contributed by atoms with E-state index in [0.717, 1.165) is 14.9 Å². The summed E-state index contributed by atoms with van der Waals surface area (Å²) in [6.07, 6.45) is 0.673. The van der Waals surface area contributed by atoms with Crippen molar-refractivity contribution in [3.8, 4) is 5.69 Å². The summed E-state index contributed by atoms with van der Waals surface area (Å²) in [5.74, 6) is -1.04. The van der Waals surface area contributed by atoms with Gasteiger partial charge in [-0.05, 0) is 46.7 Å². The molecule has 9 nitrogen and oxygen atoms in total. The van der Waals surface area contributed by atoms with E-state index in [0.29, 0.717) is 17.8 Å². The lowest BCUT2D eigenvalue weighted by Crippen LogP contribution is -2.30. The molecule has 0 saturated heterocycles. The van der Waals surface area contributed by atoms with E-state index >= 15 is 0 Å². The van der Waals surface area contributed by atoms with Gasteiger partial charge in [0, 0.05) is 5.69 Å². The number of aromatic nitrogens is 4. The molecule has 2 aromatic carbocycles. The number of hydrogen-bond acceptors (Lipinski definition) is 5. The zero-order valence-electron chi connectivity index (χ0n) is 15.3. The van der Waals surface area contributed by atoms with Crippen LogP contribution in [0.15, 0.2) is 59.4 Å². The Hall–Kier alpha value is -3.75. The summed E-state index contributed by atoms with van der Waals surface area (Å²) in [5.41, 5.74) is 6.50. The molecule has 3 rings (SSSR count). The molecule has 0 spiro atoms. The van der Waals surface area contributed by atoms with Crippen LogP contribution in [0.1, 0.15) is 24.8 Å². The molecular weight excluding hydrogens is 360 g/mol. The molecule has 28 heavy (non-hydrogen) atoms. The van der Waals surface area contributed by atoms with E-state index < -0.39 is 11.6 Å². The molecule has 1 atom stereocenters. The second-order valence-corrected chi connectivity index (χ2v) is 6.20. The van der Waals surface area contributed by atoms with Gasteiger partial charge in [-0.25, -0.2) is 4.79 Å². The monoisotopic (exact) mass is 380 g/mol. The Balaban J connectivity index is 1.74. The van der Waals surface area contributed by atoms with Crippen molar-refractivity contribution in [2.75, 3.05) is 5.32 Å². The quantitative estimate of drug-likeness (QED) is 0.634. The van der Waals surface area contributed by atoms with E-state index in [2.05, 4.69) is 15.7 Å². The van der Waals surface area contributed by atoms with Crippen molar-refractivity contribution < 1.29 is 9.59 Å². The zero-order chi connectivity index (χ0) is 20.1. The van der Waals surface area contributed by atoms with Gasteiger partial charge in [0.15, 0.2) is 0 Å². The highest BCUT2D eigenvalue weighted by atomic mass is 16.2. The minimum Gasteiger partial charge on any atom is -0.368 e. The standard InChI is InChI=1S/C19H20N6O3/c1-2-16(13-6-4-3-5-7-13)18(27)21-14-8-10-15(11-9-14)25-19(28)24(22-23-25)12-17(20)26/h3-11,16H,2,12H2,1H3,(H2,20,26)(H,21,27). The van der Waals surface area contributed by atoms with Gasteiger partial charge in [-0.2, -0.15) is 9.36 Å². The first-order valence-corrected chi connectivity index (χ1v) is 8.77. The summed E-state index contributed by atoms with van der Waals surface area (Å²) in [6, 6.07) is 16.2. The highest BCUT2D eigenvalue weighted by Gasteiger charge is 2.18. The molecule has 3 N–H and O–H groups in total. The summed E-state index contributed by atoms with van der Waals surface area (Å²) < 4.78 is 1.93. The van der Waals surface area contributed by atoms with Crippen molar-refractivity contribution in [3.63, 3.8) is 0 Å². The van der Waals surface area contributed by atoms with E-state index in [1.165, 1.54) is 0 Å². The minimum atomic E-state index is -0.684. The molecule has 0 aliphatic heterocycles. The zero-order valence-corrected chi connectivity index (χ0v) is 15.3. The number of nitrogens with one attached hydrogen (secondary N) is 1. The van der Waals surface area contributed by atoms with Crippen molar-refractivity contribution in [1.82, 2.24) is 19.8 Å². The molecule has 0 fully saturated rings. The molecule has 3 aromatic rings. The van der Waals surface area contributed by atoms with Gasteiger partial charge in [0.25, 0.3) is 0 Å². The molecule has 0 aliphatic rings. The second kappa shape index (κ2) is 8.30. The number of tetrazole rings is 1. The van der Waals surface area contributed by atoms with Crippen LogP contribution in [0, 0.1) is 0 Å². The smallest absolute Gasteiger partial charge is 0.368 e. The number of carbonyl (C=O) groups excluding carboxylic acids is 2. The van der Waals surface area contributed by atoms with Crippen LogP contribution in [0.5, 0.6) is 0 Å². The summed E-state index contributed by atoms with van der Waals surface area (Å²) in [4.78, 5) is 35.7. The van der Waals surface area contributed by atoms with Gasteiger partial charge in [0.05, 0.1) is 11.6 Å². The Bertz CT molecular complexity index is 1020. The summed E-state index contributed by atoms with van der Waals surface area (Å²) in [7, 11) is 0. The molecule has 0 saturated carbocycles. The Labute approximate surface area is 160 Å². The van der Waals surface area contributed by atoms with Crippen LogP contribution in [-0.2, 0) is 16.1 Å². The predicted octanol–water partition coefficient (Wildman–Crippen LogP) is 1.05. The van der Waals surface area contributed by atoms with Crippen LogP contribution in [0.4, 0.5) is 5.69 Å². The van der Waals surface area contributed by atoms with Crippen LogP contribution in [-0.4, -0.2) is 31.6 Å². The van der Waals surface area contributed by atoms with Crippen LogP contribution < -0.4 is 16.7 Å². The summed E-state index contributed by atoms with van der Waals surface area (Å²) in [6.45, 7) is 1.62. The van der Waals surface area contributed by atoms with Crippen LogP contribution in [0.2, 0.25) is 0 Å². The number of rotatable bonds is 7. The lowest BCUT2D eigenvalue weighted by atomic mass is 9.95.